The molecule has 0 aromatic rings. The number of nitrogens with one attached hydrogen (secondary N) is 1. The first-order valence-corrected chi connectivity index (χ1v) is 8.05. The molecule has 2 nitrogen and oxygen atoms in total. The van der Waals surface area contributed by atoms with E-state index in [1.54, 1.807) is 0 Å². The van der Waals surface area contributed by atoms with Crippen molar-refractivity contribution >= 4 is 0 Å². The Kier molecular flexibility index (Phi) is 3.04. The Balaban J connectivity index is 1.43. The van der Waals surface area contributed by atoms with Crippen molar-refractivity contribution in [1.82, 2.24) is 5.32 Å². The lowest BCUT2D eigenvalue weighted by Gasteiger charge is -2.34. The lowest BCUT2D eigenvalue weighted by molar-refractivity contribution is -0.0629. The first-order chi connectivity index (χ1) is 9.37. The predicted molar refractivity (Wildman–Crippen MR) is 76.9 cm³/mol. The highest BCUT2D eigenvalue weighted by atomic mass is 16.5. The molecule has 0 aromatic carbocycles. The van der Waals surface area contributed by atoms with Crippen LogP contribution in [0.3, 0.4) is 0 Å². The molecular formula is C17H25NO. The van der Waals surface area contributed by atoms with Gasteiger partial charge in [-0.25, -0.2) is 0 Å². The van der Waals surface area contributed by atoms with Gasteiger partial charge in [0.2, 0.25) is 0 Å². The highest BCUT2D eigenvalue weighted by Gasteiger charge is 2.57. The maximum absolute atomic E-state index is 5.65. The third-order valence-corrected chi connectivity index (χ3v) is 5.94. The second kappa shape index (κ2) is 4.75. The Hall–Kier alpha value is -0.600. The molecule has 1 spiro atoms. The van der Waals surface area contributed by atoms with Crippen molar-refractivity contribution in [2.75, 3.05) is 19.7 Å². The van der Waals surface area contributed by atoms with E-state index < -0.39 is 0 Å². The summed E-state index contributed by atoms with van der Waals surface area (Å²) >= 11 is 0. The molecule has 2 saturated heterocycles. The monoisotopic (exact) mass is 259 g/mol. The standard InChI is InChI=1S/C17H25NO/c1-2-4-15(13(3-1)11-14-5-10-19-14)16-12-17(16)6-8-18-9-7-17/h1-4,13-16,18H,5-12H2/t13?,14-,15?,16?/m1/s1. The summed E-state index contributed by atoms with van der Waals surface area (Å²) in [5.74, 6) is 2.46. The summed E-state index contributed by atoms with van der Waals surface area (Å²) in [7, 11) is 0. The molecule has 4 atom stereocenters. The van der Waals surface area contributed by atoms with E-state index in [0.29, 0.717) is 11.5 Å². The van der Waals surface area contributed by atoms with Gasteiger partial charge in [-0.15, -0.1) is 0 Å². The highest BCUT2D eigenvalue weighted by Crippen LogP contribution is 2.64. The highest BCUT2D eigenvalue weighted by molar-refractivity contribution is 5.21. The van der Waals surface area contributed by atoms with Gasteiger partial charge in [0.1, 0.15) is 0 Å². The molecular weight excluding hydrogens is 234 g/mol. The molecule has 3 unspecified atom stereocenters. The Labute approximate surface area is 116 Å². The van der Waals surface area contributed by atoms with Crippen molar-refractivity contribution in [3.05, 3.63) is 24.3 Å². The fourth-order valence-corrected chi connectivity index (χ4v) is 4.54. The largest absolute Gasteiger partial charge is 0.378 e. The van der Waals surface area contributed by atoms with Crippen molar-refractivity contribution < 1.29 is 4.74 Å². The second-order valence-corrected chi connectivity index (χ2v) is 6.95. The number of piperidine rings is 1. The van der Waals surface area contributed by atoms with E-state index in [4.69, 9.17) is 4.74 Å². The van der Waals surface area contributed by atoms with Crippen molar-refractivity contribution in [3.63, 3.8) is 0 Å². The third kappa shape index (κ3) is 2.19. The van der Waals surface area contributed by atoms with Crippen LogP contribution in [0.15, 0.2) is 24.3 Å². The lowest BCUT2D eigenvalue weighted by Crippen LogP contribution is -2.33. The molecule has 104 valence electrons. The molecule has 2 heteroatoms. The van der Waals surface area contributed by atoms with Crippen molar-refractivity contribution in [2.45, 2.75) is 38.2 Å². The van der Waals surface area contributed by atoms with Crippen LogP contribution in [-0.4, -0.2) is 25.8 Å². The summed E-state index contributed by atoms with van der Waals surface area (Å²) < 4.78 is 5.65. The van der Waals surface area contributed by atoms with Gasteiger partial charge < -0.3 is 10.1 Å². The Morgan fingerprint density at radius 2 is 1.95 bits per heavy atom. The summed E-state index contributed by atoms with van der Waals surface area (Å²) in [6, 6.07) is 0. The second-order valence-electron chi connectivity index (χ2n) is 6.95. The molecule has 2 heterocycles. The van der Waals surface area contributed by atoms with Crippen LogP contribution in [0.5, 0.6) is 0 Å². The number of hydrogen-bond acceptors (Lipinski definition) is 2. The van der Waals surface area contributed by atoms with Crippen LogP contribution in [0.25, 0.3) is 0 Å². The van der Waals surface area contributed by atoms with E-state index in [9.17, 15) is 0 Å². The van der Waals surface area contributed by atoms with Gasteiger partial charge in [0.05, 0.1) is 6.10 Å². The zero-order valence-electron chi connectivity index (χ0n) is 11.7. The third-order valence-electron chi connectivity index (χ3n) is 5.94. The molecule has 0 amide bonds. The molecule has 0 radical (unpaired) electrons. The van der Waals surface area contributed by atoms with Gasteiger partial charge in [-0.1, -0.05) is 24.3 Å². The van der Waals surface area contributed by atoms with Crippen LogP contribution in [0.4, 0.5) is 0 Å². The van der Waals surface area contributed by atoms with E-state index in [-0.39, 0.29) is 0 Å². The van der Waals surface area contributed by atoms with Crippen molar-refractivity contribution in [3.8, 4) is 0 Å². The minimum absolute atomic E-state index is 0.548. The zero-order valence-corrected chi connectivity index (χ0v) is 11.7. The van der Waals surface area contributed by atoms with Gasteiger partial charge in [-0.3, -0.25) is 0 Å². The normalized spacial score (nSPS) is 43.2. The van der Waals surface area contributed by atoms with Gasteiger partial charge in [0, 0.05) is 6.61 Å². The first-order valence-electron chi connectivity index (χ1n) is 8.05. The molecule has 0 bridgehead atoms. The van der Waals surface area contributed by atoms with E-state index in [0.717, 1.165) is 24.4 Å². The molecule has 4 rings (SSSR count). The summed E-state index contributed by atoms with van der Waals surface area (Å²) in [6.45, 7) is 3.46. The maximum Gasteiger partial charge on any atom is 0.0602 e. The van der Waals surface area contributed by atoms with Crippen LogP contribution < -0.4 is 5.32 Å². The van der Waals surface area contributed by atoms with E-state index >= 15 is 0 Å². The summed E-state index contributed by atoms with van der Waals surface area (Å²) in [5.41, 5.74) is 0.699. The molecule has 1 N–H and O–H groups in total. The Bertz CT molecular complexity index is 390. The topological polar surface area (TPSA) is 21.3 Å². The summed E-state index contributed by atoms with van der Waals surface area (Å²) in [4.78, 5) is 0. The van der Waals surface area contributed by atoms with Gasteiger partial charge in [0.15, 0.2) is 0 Å². The van der Waals surface area contributed by atoms with Crippen LogP contribution >= 0.6 is 0 Å². The molecule has 0 aromatic heterocycles. The summed E-state index contributed by atoms with van der Waals surface area (Å²) in [6.07, 6.45) is 16.8. The fraction of sp³-hybridized carbons (Fsp3) is 0.765. The minimum atomic E-state index is 0.548. The zero-order chi connectivity index (χ0) is 12.7. The van der Waals surface area contributed by atoms with Crippen LogP contribution in [0, 0.1) is 23.2 Å². The minimum Gasteiger partial charge on any atom is -0.378 e. The van der Waals surface area contributed by atoms with Gasteiger partial charge in [0.25, 0.3) is 0 Å². The number of rotatable bonds is 3. The average molecular weight is 259 g/mol. The first kappa shape index (κ1) is 12.2. The molecule has 4 aliphatic rings. The van der Waals surface area contributed by atoms with Gasteiger partial charge >= 0.3 is 0 Å². The quantitative estimate of drug-likeness (QED) is 0.841. The smallest absolute Gasteiger partial charge is 0.0602 e. The van der Waals surface area contributed by atoms with Gasteiger partial charge in [-0.2, -0.15) is 0 Å². The van der Waals surface area contributed by atoms with Gasteiger partial charge in [-0.05, 0) is 68.4 Å². The summed E-state index contributed by atoms with van der Waals surface area (Å²) in [5, 5.41) is 3.51. The van der Waals surface area contributed by atoms with Crippen LogP contribution in [0.2, 0.25) is 0 Å². The van der Waals surface area contributed by atoms with Crippen LogP contribution in [0.1, 0.15) is 32.1 Å². The molecule has 1 saturated carbocycles. The van der Waals surface area contributed by atoms with E-state index in [2.05, 4.69) is 29.6 Å². The average Bonchev–Trinajstić information content (AvgIpc) is 3.08. The SMILES string of the molecule is C1=CC(C[C@H]2CCO2)C(C2CC23CCNCC3)C=C1. The fourth-order valence-electron chi connectivity index (χ4n) is 4.54. The molecule has 3 fully saturated rings. The van der Waals surface area contributed by atoms with Crippen molar-refractivity contribution in [2.24, 2.45) is 23.2 Å². The molecule has 2 aliphatic heterocycles. The molecule has 2 aliphatic carbocycles. The predicted octanol–water partition coefficient (Wildman–Crippen LogP) is 2.91. The van der Waals surface area contributed by atoms with E-state index in [1.807, 2.05) is 0 Å². The Morgan fingerprint density at radius 3 is 2.68 bits per heavy atom. The van der Waals surface area contributed by atoms with Crippen molar-refractivity contribution in [1.29, 1.82) is 0 Å². The lowest BCUT2D eigenvalue weighted by atomic mass is 9.76. The number of allylic oxidation sites excluding steroid dienone is 4. The number of hydrogen-bond donors (Lipinski definition) is 1. The van der Waals surface area contributed by atoms with Crippen LogP contribution in [-0.2, 0) is 4.74 Å². The Morgan fingerprint density at radius 1 is 1.16 bits per heavy atom. The number of ether oxygens (including phenoxy) is 1. The van der Waals surface area contributed by atoms with E-state index in [1.165, 1.54) is 45.2 Å². The maximum atomic E-state index is 5.65. The molecule has 19 heavy (non-hydrogen) atoms.